The van der Waals surface area contributed by atoms with Gasteiger partial charge in [0.2, 0.25) is 0 Å². The van der Waals surface area contributed by atoms with Crippen LogP contribution >= 0.6 is 0 Å². The molecule has 0 aliphatic heterocycles. The molecule has 0 spiro atoms. The Morgan fingerprint density at radius 2 is 1.69 bits per heavy atom. The van der Waals surface area contributed by atoms with Crippen molar-refractivity contribution in [1.29, 1.82) is 0 Å². The lowest BCUT2D eigenvalue weighted by molar-refractivity contribution is -0.139. The molecule has 0 aromatic rings. The van der Waals surface area contributed by atoms with Gasteiger partial charge in [-0.2, -0.15) is 0 Å². The minimum atomic E-state index is -0.623. The second-order valence-electron chi connectivity index (χ2n) is 3.35. The average molecular weight is 231 g/mol. The van der Waals surface area contributed by atoms with E-state index in [2.05, 4.69) is 10.6 Å². The van der Waals surface area contributed by atoms with Gasteiger partial charge in [-0.15, -0.1) is 0 Å². The van der Waals surface area contributed by atoms with Crippen molar-refractivity contribution >= 4 is 11.8 Å². The fourth-order valence-electron chi connectivity index (χ4n) is 1.10. The molecular formula is C10H21N3O3. The Labute approximate surface area is 95.9 Å². The summed E-state index contributed by atoms with van der Waals surface area (Å²) < 4.78 is 4.89. The lowest BCUT2D eigenvalue weighted by Gasteiger charge is -2.05. The van der Waals surface area contributed by atoms with Crippen molar-refractivity contribution in [2.24, 2.45) is 5.73 Å². The van der Waals surface area contributed by atoms with Crippen molar-refractivity contribution in [3.63, 3.8) is 0 Å². The Morgan fingerprint density at radius 1 is 1.06 bits per heavy atom. The average Bonchev–Trinajstić information content (AvgIpc) is 2.30. The van der Waals surface area contributed by atoms with Crippen molar-refractivity contribution < 1.29 is 14.3 Å². The molecular weight excluding hydrogens is 210 g/mol. The van der Waals surface area contributed by atoms with E-state index in [1.807, 2.05) is 0 Å². The number of unbranched alkanes of at least 4 members (excludes halogenated alkanes) is 2. The van der Waals surface area contributed by atoms with Crippen molar-refractivity contribution in [2.45, 2.75) is 19.3 Å². The summed E-state index contributed by atoms with van der Waals surface area (Å²) in [4.78, 5) is 22.2. The quantitative estimate of drug-likeness (QED) is 0.369. The van der Waals surface area contributed by atoms with Crippen LogP contribution in [-0.4, -0.2) is 45.2 Å². The van der Waals surface area contributed by atoms with E-state index in [9.17, 15) is 9.59 Å². The van der Waals surface area contributed by atoms with Crippen LogP contribution in [0.5, 0.6) is 0 Å². The van der Waals surface area contributed by atoms with E-state index in [1.54, 1.807) is 7.11 Å². The van der Waals surface area contributed by atoms with Crippen LogP contribution in [0.1, 0.15) is 19.3 Å². The molecule has 0 radical (unpaired) electrons. The second kappa shape index (κ2) is 10.4. The highest BCUT2D eigenvalue weighted by Gasteiger charge is 2.10. The molecule has 0 saturated heterocycles. The molecule has 0 atom stereocenters. The van der Waals surface area contributed by atoms with E-state index >= 15 is 0 Å². The van der Waals surface area contributed by atoms with Crippen LogP contribution in [0.2, 0.25) is 0 Å². The first-order valence-electron chi connectivity index (χ1n) is 5.47. The number of carbonyl (C=O) groups is 2. The van der Waals surface area contributed by atoms with Crippen LogP contribution in [-0.2, 0) is 14.3 Å². The molecule has 6 heteroatoms. The number of methoxy groups -OCH3 is 1. The maximum absolute atomic E-state index is 11.1. The van der Waals surface area contributed by atoms with Crippen LogP contribution in [0.25, 0.3) is 0 Å². The third-order valence-corrected chi connectivity index (χ3v) is 1.95. The van der Waals surface area contributed by atoms with Gasteiger partial charge in [0, 0.05) is 33.4 Å². The maximum Gasteiger partial charge on any atom is 0.309 e. The van der Waals surface area contributed by atoms with Crippen LogP contribution in [0.3, 0.4) is 0 Å². The van der Waals surface area contributed by atoms with Gasteiger partial charge in [0.25, 0.3) is 0 Å². The predicted octanol–water partition coefficient (Wildman–Crippen LogP) is -1.01. The minimum absolute atomic E-state index is 0.320. The van der Waals surface area contributed by atoms with E-state index in [0.29, 0.717) is 19.6 Å². The van der Waals surface area contributed by atoms with Crippen LogP contribution < -0.4 is 16.4 Å². The van der Waals surface area contributed by atoms with Crippen molar-refractivity contribution in [3.05, 3.63) is 0 Å². The summed E-state index contributed by atoms with van der Waals surface area (Å²) in [6, 6.07) is 0. The van der Waals surface area contributed by atoms with Gasteiger partial charge in [0.1, 0.15) is 0 Å². The number of hydrogen-bond donors (Lipinski definition) is 3. The van der Waals surface area contributed by atoms with Gasteiger partial charge in [-0.25, -0.2) is 0 Å². The standard InChI is InChI=1S/C10H21N3O3/c1-16-8-4-2-3-6-12-9(14)10(15)13-7-5-11/h2-8,11H2,1H3,(H,12,14)(H,13,15). The molecule has 0 bridgehead atoms. The number of ether oxygens (including phenoxy) is 1. The molecule has 2 amide bonds. The zero-order valence-electron chi connectivity index (χ0n) is 9.75. The van der Waals surface area contributed by atoms with Gasteiger partial charge >= 0.3 is 11.8 Å². The van der Waals surface area contributed by atoms with E-state index in [-0.39, 0.29) is 0 Å². The molecule has 0 aromatic heterocycles. The predicted molar refractivity (Wildman–Crippen MR) is 60.8 cm³/mol. The van der Waals surface area contributed by atoms with Crippen molar-refractivity contribution in [3.8, 4) is 0 Å². The Balaban J connectivity index is 3.39. The summed E-state index contributed by atoms with van der Waals surface area (Å²) in [6.45, 7) is 1.89. The van der Waals surface area contributed by atoms with E-state index in [4.69, 9.17) is 10.5 Å². The molecule has 0 rings (SSSR count). The van der Waals surface area contributed by atoms with Crippen LogP contribution in [0.4, 0.5) is 0 Å². The van der Waals surface area contributed by atoms with Gasteiger partial charge in [0.15, 0.2) is 0 Å². The molecule has 4 N–H and O–H groups in total. The van der Waals surface area contributed by atoms with Gasteiger partial charge < -0.3 is 21.1 Å². The topological polar surface area (TPSA) is 93.4 Å². The Kier molecular flexibility index (Phi) is 9.64. The number of rotatable bonds is 8. The zero-order chi connectivity index (χ0) is 12.2. The Bertz CT molecular complexity index is 209. The smallest absolute Gasteiger partial charge is 0.309 e. The summed E-state index contributed by atoms with van der Waals surface area (Å²) in [5, 5.41) is 4.93. The summed E-state index contributed by atoms with van der Waals surface area (Å²) in [7, 11) is 1.66. The number of amides is 2. The third-order valence-electron chi connectivity index (χ3n) is 1.95. The SMILES string of the molecule is COCCCCCNC(=O)C(=O)NCCN. The summed E-state index contributed by atoms with van der Waals surface area (Å²) in [6.07, 6.45) is 2.78. The first-order valence-corrected chi connectivity index (χ1v) is 5.47. The zero-order valence-corrected chi connectivity index (χ0v) is 9.75. The molecule has 0 saturated carbocycles. The van der Waals surface area contributed by atoms with Crippen molar-refractivity contribution in [1.82, 2.24) is 10.6 Å². The monoisotopic (exact) mass is 231 g/mol. The minimum Gasteiger partial charge on any atom is -0.385 e. The molecule has 0 unspecified atom stereocenters. The number of nitrogens with one attached hydrogen (secondary N) is 2. The molecule has 0 aliphatic rings. The Hall–Kier alpha value is -1.14. The lowest BCUT2D eigenvalue weighted by Crippen LogP contribution is -2.41. The van der Waals surface area contributed by atoms with Gasteiger partial charge in [-0.3, -0.25) is 9.59 Å². The largest absolute Gasteiger partial charge is 0.385 e. The molecule has 0 aliphatic carbocycles. The fraction of sp³-hybridized carbons (Fsp3) is 0.800. The van der Waals surface area contributed by atoms with Gasteiger partial charge in [0.05, 0.1) is 0 Å². The van der Waals surface area contributed by atoms with Crippen LogP contribution in [0.15, 0.2) is 0 Å². The highest BCUT2D eigenvalue weighted by Crippen LogP contribution is 1.93. The first kappa shape index (κ1) is 14.9. The normalized spacial score (nSPS) is 9.88. The maximum atomic E-state index is 11.1. The molecule has 0 fully saturated rings. The molecule has 0 heterocycles. The van der Waals surface area contributed by atoms with Crippen molar-refractivity contribution in [2.75, 3.05) is 33.4 Å². The van der Waals surface area contributed by atoms with Crippen LogP contribution in [0, 0.1) is 0 Å². The van der Waals surface area contributed by atoms with E-state index in [1.165, 1.54) is 0 Å². The molecule has 94 valence electrons. The lowest BCUT2D eigenvalue weighted by atomic mass is 10.2. The third kappa shape index (κ3) is 8.19. The highest BCUT2D eigenvalue weighted by atomic mass is 16.5. The summed E-state index contributed by atoms with van der Waals surface area (Å²) in [5.41, 5.74) is 5.19. The summed E-state index contributed by atoms with van der Waals surface area (Å²) >= 11 is 0. The van der Waals surface area contributed by atoms with E-state index in [0.717, 1.165) is 25.9 Å². The van der Waals surface area contributed by atoms with Gasteiger partial charge in [-0.1, -0.05) is 0 Å². The molecule has 0 aromatic carbocycles. The fourth-order valence-corrected chi connectivity index (χ4v) is 1.10. The molecule has 6 nitrogen and oxygen atoms in total. The highest BCUT2D eigenvalue weighted by molar-refractivity contribution is 6.35. The first-order chi connectivity index (χ1) is 7.72. The van der Waals surface area contributed by atoms with Gasteiger partial charge in [-0.05, 0) is 19.3 Å². The molecule has 16 heavy (non-hydrogen) atoms. The summed E-state index contributed by atoms with van der Waals surface area (Å²) in [5.74, 6) is -1.22. The number of nitrogens with two attached hydrogens (primary N) is 1. The second-order valence-corrected chi connectivity index (χ2v) is 3.35. The van der Waals surface area contributed by atoms with E-state index < -0.39 is 11.8 Å². The number of hydrogen-bond acceptors (Lipinski definition) is 4. The number of carbonyl (C=O) groups excluding carboxylic acids is 2. The Morgan fingerprint density at radius 3 is 2.25 bits per heavy atom.